The summed E-state index contributed by atoms with van der Waals surface area (Å²) in [5.74, 6) is 0. The molecular formula is C12H15BrN4. The summed E-state index contributed by atoms with van der Waals surface area (Å²) < 4.78 is 2.84. The zero-order valence-electron chi connectivity index (χ0n) is 9.73. The van der Waals surface area contributed by atoms with Gasteiger partial charge in [0.25, 0.3) is 0 Å². The van der Waals surface area contributed by atoms with Crippen LogP contribution in [0.25, 0.3) is 0 Å². The van der Waals surface area contributed by atoms with Gasteiger partial charge in [-0.15, -0.1) is 0 Å². The predicted octanol–water partition coefficient (Wildman–Crippen LogP) is 1.91. The molecule has 0 aliphatic carbocycles. The summed E-state index contributed by atoms with van der Waals surface area (Å²) in [6.45, 7) is 1.73. The predicted molar refractivity (Wildman–Crippen MR) is 70.6 cm³/mol. The summed E-state index contributed by atoms with van der Waals surface area (Å²) in [5, 5.41) is 7.50. The van der Waals surface area contributed by atoms with Crippen LogP contribution in [0.3, 0.4) is 0 Å². The SMILES string of the molecule is Cn1cc(CCNCc2ccc(Br)cn2)cn1. The smallest absolute Gasteiger partial charge is 0.0542 e. The third-order valence-electron chi connectivity index (χ3n) is 2.44. The Morgan fingerprint density at radius 2 is 2.24 bits per heavy atom. The lowest BCUT2D eigenvalue weighted by atomic mass is 10.2. The summed E-state index contributed by atoms with van der Waals surface area (Å²) in [6.07, 6.45) is 6.75. The molecule has 0 radical (unpaired) electrons. The number of pyridine rings is 1. The second-order valence-corrected chi connectivity index (χ2v) is 4.83. The van der Waals surface area contributed by atoms with Crippen LogP contribution in [0.15, 0.2) is 35.2 Å². The van der Waals surface area contributed by atoms with Gasteiger partial charge in [-0.25, -0.2) is 0 Å². The van der Waals surface area contributed by atoms with Crippen LogP contribution in [-0.4, -0.2) is 21.3 Å². The molecule has 2 rings (SSSR count). The van der Waals surface area contributed by atoms with E-state index in [9.17, 15) is 0 Å². The van der Waals surface area contributed by atoms with Crippen LogP contribution in [0.2, 0.25) is 0 Å². The summed E-state index contributed by atoms with van der Waals surface area (Å²) >= 11 is 3.37. The molecule has 0 saturated carbocycles. The molecule has 4 nitrogen and oxygen atoms in total. The van der Waals surface area contributed by atoms with Crippen molar-refractivity contribution >= 4 is 15.9 Å². The van der Waals surface area contributed by atoms with Gasteiger partial charge in [0.05, 0.1) is 11.9 Å². The first kappa shape index (κ1) is 12.3. The van der Waals surface area contributed by atoms with E-state index < -0.39 is 0 Å². The normalized spacial score (nSPS) is 10.7. The summed E-state index contributed by atoms with van der Waals surface area (Å²) in [6, 6.07) is 4.02. The number of nitrogens with one attached hydrogen (secondary N) is 1. The van der Waals surface area contributed by atoms with Gasteiger partial charge in [0.15, 0.2) is 0 Å². The Morgan fingerprint density at radius 3 is 2.88 bits per heavy atom. The Bertz CT molecular complexity index is 464. The minimum atomic E-state index is 0.799. The first-order valence-electron chi connectivity index (χ1n) is 5.53. The lowest BCUT2D eigenvalue weighted by molar-refractivity contribution is 0.674. The molecule has 17 heavy (non-hydrogen) atoms. The minimum Gasteiger partial charge on any atom is -0.311 e. The summed E-state index contributed by atoms with van der Waals surface area (Å²) in [7, 11) is 1.93. The maximum Gasteiger partial charge on any atom is 0.0542 e. The van der Waals surface area contributed by atoms with Crippen LogP contribution in [0.5, 0.6) is 0 Å². The van der Waals surface area contributed by atoms with Crippen molar-refractivity contribution in [1.29, 1.82) is 0 Å². The van der Waals surface area contributed by atoms with Gasteiger partial charge in [0.2, 0.25) is 0 Å². The third-order valence-corrected chi connectivity index (χ3v) is 2.91. The van der Waals surface area contributed by atoms with Gasteiger partial charge < -0.3 is 5.32 Å². The van der Waals surface area contributed by atoms with Crippen molar-refractivity contribution in [2.75, 3.05) is 6.54 Å². The highest BCUT2D eigenvalue weighted by Gasteiger charge is 1.97. The van der Waals surface area contributed by atoms with Crippen molar-refractivity contribution in [2.24, 2.45) is 7.05 Å². The van der Waals surface area contributed by atoms with Crippen molar-refractivity contribution in [2.45, 2.75) is 13.0 Å². The van der Waals surface area contributed by atoms with Crippen molar-refractivity contribution < 1.29 is 0 Å². The zero-order valence-corrected chi connectivity index (χ0v) is 11.3. The summed E-state index contributed by atoms with van der Waals surface area (Å²) in [5.41, 5.74) is 2.31. The van der Waals surface area contributed by atoms with E-state index in [1.807, 2.05) is 42.5 Å². The molecule has 0 aromatic carbocycles. The molecule has 2 heterocycles. The number of halogens is 1. The van der Waals surface area contributed by atoms with E-state index in [4.69, 9.17) is 0 Å². The minimum absolute atomic E-state index is 0.799. The van der Waals surface area contributed by atoms with Gasteiger partial charge in [0, 0.05) is 30.5 Å². The molecule has 2 aromatic rings. The maximum atomic E-state index is 4.30. The van der Waals surface area contributed by atoms with Crippen molar-refractivity contribution in [3.8, 4) is 0 Å². The highest BCUT2D eigenvalue weighted by atomic mass is 79.9. The first-order chi connectivity index (χ1) is 8.24. The van der Waals surface area contributed by atoms with Gasteiger partial charge in [-0.05, 0) is 46.6 Å². The van der Waals surface area contributed by atoms with E-state index in [1.54, 1.807) is 0 Å². The highest BCUT2D eigenvalue weighted by Crippen LogP contribution is 2.07. The van der Waals surface area contributed by atoms with Crippen molar-refractivity contribution in [3.63, 3.8) is 0 Å². The number of rotatable bonds is 5. The molecule has 0 saturated heterocycles. The van der Waals surface area contributed by atoms with Crippen molar-refractivity contribution in [3.05, 3.63) is 46.5 Å². The molecule has 0 atom stereocenters. The average molecular weight is 295 g/mol. The van der Waals surface area contributed by atoms with Crippen LogP contribution in [0.1, 0.15) is 11.3 Å². The lowest BCUT2D eigenvalue weighted by Gasteiger charge is -2.03. The Kier molecular flexibility index (Phi) is 4.28. The molecule has 1 N–H and O–H groups in total. The second kappa shape index (κ2) is 5.93. The topological polar surface area (TPSA) is 42.7 Å². The molecule has 90 valence electrons. The zero-order chi connectivity index (χ0) is 12.1. The molecule has 2 aromatic heterocycles. The van der Waals surface area contributed by atoms with Gasteiger partial charge in [0.1, 0.15) is 0 Å². The van der Waals surface area contributed by atoms with Crippen LogP contribution in [-0.2, 0) is 20.0 Å². The van der Waals surface area contributed by atoms with Gasteiger partial charge in [-0.3, -0.25) is 9.67 Å². The first-order valence-corrected chi connectivity index (χ1v) is 6.32. The van der Waals surface area contributed by atoms with Crippen LogP contribution in [0, 0.1) is 0 Å². The van der Waals surface area contributed by atoms with Gasteiger partial charge >= 0.3 is 0 Å². The third kappa shape index (κ3) is 3.94. The van der Waals surface area contributed by atoms with E-state index in [-0.39, 0.29) is 0 Å². The Balaban J connectivity index is 1.71. The monoisotopic (exact) mass is 294 g/mol. The quantitative estimate of drug-likeness (QED) is 0.857. The Morgan fingerprint density at radius 1 is 1.35 bits per heavy atom. The molecule has 0 unspecified atom stereocenters. The fraction of sp³-hybridized carbons (Fsp3) is 0.333. The molecule has 0 aliphatic heterocycles. The number of hydrogen-bond acceptors (Lipinski definition) is 3. The highest BCUT2D eigenvalue weighted by molar-refractivity contribution is 9.10. The van der Waals surface area contributed by atoms with E-state index in [1.165, 1.54) is 5.56 Å². The largest absolute Gasteiger partial charge is 0.311 e. The molecule has 0 spiro atoms. The number of aryl methyl sites for hydroxylation is 1. The van der Waals surface area contributed by atoms with E-state index in [0.29, 0.717) is 0 Å². The molecule has 0 fully saturated rings. The molecule has 5 heteroatoms. The summed E-state index contributed by atoms with van der Waals surface area (Å²) in [4.78, 5) is 4.30. The van der Waals surface area contributed by atoms with Crippen LogP contribution in [0.4, 0.5) is 0 Å². The Labute approximate surface area is 109 Å². The van der Waals surface area contributed by atoms with E-state index >= 15 is 0 Å². The second-order valence-electron chi connectivity index (χ2n) is 3.92. The van der Waals surface area contributed by atoms with E-state index in [0.717, 1.165) is 29.7 Å². The van der Waals surface area contributed by atoms with E-state index in [2.05, 4.69) is 31.3 Å². The number of aromatic nitrogens is 3. The van der Waals surface area contributed by atoms with Crippen LogP contribution >= 0.6 is 15.9 Å². The lowest BCUT2D eigenvalue weighted by Crippen LogP contribution is -2.17. The van der Waals surface area contributed by atoms with Crippen molar-refractivity contribution in [1.82, 2.24) is 20.1 Å². The van der Waals surface area contributed by atoms with Crippen LogP contribution < -0.4 is 5.32 Å². The fourth-order valence-corrected chi connectivity index (χ4v) is 1.80. The standard InChI is InChI=1S/C12H15BrN4/c1-17-9-10(6-16-17)4-5-14-8-12-3-2-11(13)7-15-12/h2-3,6-7,9,14H,4-5,8H2,1H3. The number of hydrogen-bond donors (Lipinski definition) is 1. The fourth-order valence-electron chi connectivity index (χ4n) is 1.56. The Hall–Kier alpha value is -1.20. The van der Waals surface area contributed by atoms with Gasteiger partial charge in [-0.2, -0.15) is 5.10 Å². The molecule has 0 amide bonds. The molecule has 0 aliphatic rings. The maximum absolute atomic E-state index is 4.30. The molecule has 0 bridgehead atoms. The average Bonchev–Trinajstić information content (AvgIpc) is 2.73. The molecular weight excluding hydrogens is 280 g/mol. The number of nitrogens with zero attached hydrogens (tertiary/aromatic N) is 3. The van der Waals surface area contributed by atoms with Gasteiger partial charge in [-0.1, -0.05) is 0 Å².